The van der Waals surface area contributed by atoms with Crippen LogP contribution in [-0.2, 0) is 19.1 Å². The first-order chi connectivity index (χ1) is 38.5. The van der Waals surface area contributed by atoms with Crippen LogP contribution >= 0.6 is 0 Å². The lowest BCUT2D eigenvalue weighted by Gasteiger charge is -2.22. The van der Waals surface area contributed by atoms with E-state index in [1.165, 1.54) is 308 Å². The molecule has 7 heteroatoms. The average Bonchev–Trinajstić information content (AvgIpc) is 3.44. The molecule has 0 saturated carbocycles. The molecule has 0 bridgehead atoms. The van der Waals surface area contributed by atoms with E-state index in [9.17, 15) is 9.59 Å². The van der Waals surface area contributed by atoms with Crippen LogP contribution < -0.4 is 0 Å². The third kappa shape index (κ3) is 62.4. The number of carbonyl (C=O) groups is 2. The predicted octanol–water partition coefficient (Wildman–Crippen LogP) is 21.8. The lowest BCUT2D eigenvalue weighted by Crippen LogP contribution is -2.29. The lowest BCUT2D eigenvalue weighted by atomic mass is 10.0. The minimum absolute atomic E-state index is 0.0285. The fourth-order valence-electron chi connectivity index (χ4n) is 11.5. The largest absolute Gasteiger partial charge is 0.466 e. The van der Waals surface area contributed by atoms with E-state index in [1.807, 2.05) is 0 Å². The molecular weight excluding hydrogens is 959 g/mol. The first-order valence-electron chi connectivity index (χ1n) is 35.9. The van der Waals surface area contributed by atoms with Crippen molar-refractivity contribution in [1.29, 1.82) is 0 Å². The van der Waals surface area contributed by atoms with Crippen LogP contribution in [0.2, 0.25) is 0 Å². The van der Waals surface area contributed by atoms with E-state index in [2.05, 4.69) is 49.4 Å². The Balaban J connectivity index is 4.42. The summed E-state index contributed by atoms with van der Waals surface area (Å²) in [6.07, 6.45) is 71.1. The van der Waals surface area contributed by atoms with E-state index < -0.39 is 0 Å². The Labute approximate surface area is 490 Å². The highest BCUT2D eigenvalue weighted by Crippen LogP contribution is 2.17. The van der Waals surface area contributed by atoms with Gasteiger partial charge in [0.05, 0.1) is 26.1 Å². The number of hydrogen-bond acceptors (Lipinski definition) is 7. The van der Waals surface area contributed by atoms with Crippen molar-refractivity contribution in [3.05, 3.63) is 0 Å². The van der Waals surface area contributed by atoms with Crippen molar-refractivity contribution in [2.75, 3.05) is 72.6 Å². The molecule has 0 radical (unpaired) electrons. The molecule has 0 rings (SSSR count). The predicted molar refractivity (Wildman–Crippen MR) is 344 cm³/mol. The Hall–Kier alpha value is -1.18. The molecule has 0 saturated heterocycles. The SMILES string of the molecule is CCCCCCCCCCCCCCN(CCCCCCCCCCCCCC)CCC(=O)OCCCCN(C)CCCCOC(=O)CCN(CCCCCCCCCCCCCC)CCCCCCCCCCCCCC. The van der Waals surface area contributed by atoms with Crippen molar-refractivity contribution in [2.45, 2.75) is 374 Å². The van der Waals surface area contributed by atoms with Crippen molar-refractivity contribution in [3.63, 3.8) is 0 Å². The number of nitrogens with zero attached hydrogens (tertiary/aromatic N) is 3. The van der Waals surface area contributed by atoms with Gasteiger partial charge in [-0.15, -0.1) is 0 Å². The Kier molecular flexibility index (Phi) is 65.6. The average molecular weight is 1100 g/mol. The fourth-order valence-corrected chi connectivity index (χ4v) is 11.5. The standard InChI is InChI=1S/C71H143N3O4/c1-6-10-14-18-22-26-30-34-38-42-46-50-62-73(63-51-47-43-39-35-31-27-23-19-15-11-7-2)66-58-70(75)77-68-56-54-60-72(5)61-55-57-69-78-71(76)59-67-74(64-52-48-44-40-36-32-28-24-20-16-12-8-3)65-53-49-45-41-37-33-29-25-21-17-13-9-4/h6-69H2,1-5H3. The summed E-state index contributed by atoms with van der Waals surface area (Å²) in [7, 11) is 2.18. The summed E-state index contributed by atoms with van der Waals surface area (Å²) in [4.78, 5) is 33.2. The minimum Gasteiger partial charge on any atom is -0.466 e. The van der Waals surface area contributed by atoms with Gasteiger partial charge in [0.2, 0.25) is 0 Å². The van der Waals surface area contributed by atoms with Gasteiger partial charge in [-0.25, -0.2) is 0 Å². The molecule has 0 fully saturated rings. The van der Waals surface area contributed by atoms with E-state index in [0.717, 1.165) is 78.0 Å². The second-order valence-electron chi connectivity index (χ2n) is 24.9. The Morgan fingerprint density at radius 3 is 0.615 bits per heavy atom. The molecule has 0 N–H and O–H groups in total. The summed E-state index contributed by atoms with van der Waals surface area (Å²) >= 11 is 0. The van der Waals surface area contributed by atoms with Crippen molar-refractivity contribution >= 4 is 11.9 Å². The summed E-state index contributed by atoms with van der Waals surface area (Å²) in [6, 6.07) is 0. The van der Waals surface area contributed by atoms with E-state index >= 15 is 0 Å². The van der Waals surface area contributed by atoms with Crippen LogP contribution in [0.1, 0.15) is 374 Å². The minimum atomic E-state index is -0.0285. The molecule has 0 atom stereocenters. The van der Waals surface area contributed by atoms with Crippen LogP contribution in [0.25, 0.3) is 0 Å². The van der Waals surface area contributed by atoms with Gasteiger partial charge in [-0.05, 0) is 97.7 Å². The maximum absolute atomic E-state index is 12.9. The molecule has 466 valence electrons. The summed E-state index contributed by atoms with van der Waals surface area (Å²) < 4.78 is 11.5. The van der Waals surface area contributed by atoms with Crippen LogP contribution in [0, 0.1) is 0 Å². The number of unbranched alkanes of at least 4 members (excludes halogenated alkanes) is 46. The molecule has 7 nitrogen and oxygen atoms in total. The Bertz CT molecular complexity index is 1010. The van der Waals surface area contributed by atoms with E-state index in [1.54, 1.807) is 0 Å². The molecule has 0 heterocycles. The van der Waals surface area contributed by atoms with Crippen LogP contribution in [-0.4, -0.2) is 99.3 Å². The highest BCUT2D eigenvalue weighted by molar-refractivity contribution is 5.69. The van der Waals surface area contributed by atoms with E-state index in [4.69, 9.17) is 9.47 Å². The van der Waals surface area contributed by atoms with E-state index in [0.29, 0.717) is 26.1 Å². The second kappa shape index (κ2) is 66.6. The summed E-state index contributed by atoms with van der Waals surface area (Å²) in [5, 5.41) is 0. The number of hydrogen-bond donors (Lipinski definition) is 0. The molecular formula is C71H143N3O4. The van der Waals surface area contributed by atoms with Crippen LogP contribution in [0.5, 0.6) is 0 Å². The first-order valence-corrected chi connectivity index (χ1v) is 35.9. The zero-order chi connectivity index (χ0) is 56.6. The van der Waals surface area contributed by atoms with Gasteiger partial charge in [0.1, 0.15) is 0 Å². The molecule has 0 aliphatic rings. The zero-order valence-corrected chi connectivity index (χ0v) is 54.2. The quantitative estimate of drug-likeness (QED) is 0.0444. The maximum atomic E-state index is 12.9. The van der Waals surface area contributed by atoms with Crippen molar-refractivity contribution in [2.24, 2.45) is 0 Å². The molecule has 0 aromatic carbocycles. The molecule has 0 spiro atoms. The molecule has 0 unspecified atom stereocenters. The summed E-state index contributed by atoms with van der Waals surface area (Å²) in [5.41, 5.74) is 0. The third-order valence-electron chi connectivity index (χ3n) is 17.0. The van der Waals surface area contributed by atoms with Gasteiger partial charge < -0.3 is 24.2 Å². The molecule has 78 heavy (non-hydrogen) atoms. The monoisotopic (exact) mass is 1100 g/mol. The van der Waals surface area contributed by atoms with Crippen LogP contribution in [0.3, 0.4) is 0 Å². The number of ether oxygens (including phenoxy) is 2. The van der Waals surface area contributed by atoms with Crippen LogP contribution in [0.4, 0.5) is 0 Å². The zero-order valence-electron chi connectivity index (χ0n) is 54.2. The fraction of sp³-hybridized carbons (Fsp3) is 0.972. The third-order valence-corrected chi connectivity index (χ3v) is 17.0. The van der Waals surface area contributed by atoms with Gasteiger partial charge in [0.25, 0.3) is 0 Å². The van der Waals surface area contributed by atoms with Crippen LogP contribution in [0.15, 0.2) is 0 Å². The van der Waals surface area contributed by atoms with Gasteiger partial charge in [-0.1, -0.05) is 310 Å². The number of rotatable bonds is 68. The first kappa shape index (κ1) is 76.8. The molecule has 0 aromatic rings. The number of esters is 2. The topological polar surface area (TPSA) is 62.3 Å². The highest BCUT2D eigenvalue weighted by atomic mass is 16.5. The summed E-state index contributed by atoms with van der Waals surface area (Å²) in [6.45, 7) is 18.4. The van der Waals surface area contributed by atoms with Crippen molar-refractivity contribution < 1.29 is 19.1 Å². The van der Waals surface area contributed by atoms with Gasteiger partial charge in [0.15, 0.2) is 0 Å². The Morgan fingerprint density at radius 2 is 0.410 bits per heavy atom. The Morgan fingerprint density at radius 1 is 0.231 bits per heavy atom. The smallest absolute Gasteiger partial charge is 0.307 e. The van der Waals surface area contributed by atoms with Crippen molar-refractivity contribution in [1.82, 2.24) is 14.7 Å². The number of carbonyl (C=O) groups excluding carboxylic acids is 2. The molecule has 0 aliphatic carbocycles. The lowest BCUT2D eigenvalue weighted by molar-refractivity contribution is -0.145. The van der Waals surface area contributed by atoms with Crippen molar-refractivity contribution in [3.8, 4) is 0 Å². The maximum Gasteiger partial charge on any atom is 0.307 e. The van der Waals surface area contributed by atoms with E-state index in [-0.39, 0.29) is 11.9 Å². The molecule has 0 aromatic heterocycles. The second-order valence-corrected chi connectivity index (χ2v) is 24.9. The highest BCUT2D eigenvalue weighted by Gasteiger charge is 2.12. The van der Waals surface area contributed by atoms with Gasteiger partial charge in [-0.3, -0.25) is 9.59 Å². The summed E-state index contributed by atoms with van der Waals surface area (Å²) in [5.74, 6) is -0.0571. The molecule has 0 aliphatic heterocycles. The molecule has 0 amide bonds. The van der Waals surface area contributed by atoms with Gasteiger partial charge in [-0.2, -0.15) is 0 Å². The van der Waals surface area contributed by atoms with Gasteiger partial charge in [0, 0.05) is 13.1 Å². The van der Waals surface area contributed by atoms with Gasteiger partial charge >= 0.3 is 11.9 Å². The normalized spacial score (nSPS) is 11.8.